The number of anilines is 4. The van der Waals surface area contributed by atoms with Crippen LogP contribution in [-0.2, 0) is 4.79 Å². The van der Waals surface area contributed by atoms with Crippen molar-refractivity contribution in [3.63, 3.8) is 0 Å². The van der Waals surface area contributed by atoms with Crippen LogP contribution < -0.4 is 27.4 Å². The Bertz CT molecular complexity index is 915. The summed E-state index contributed by atoms with van der Waals surface area (Å²) in [6.45, 7) is 5.26. The maximum atomic E-state index is 11.8. The maximum absolute atomic E-state index is 11.8. The monoisotopic (exact) mass is 471 g/mol. The van der Waals surface area contributed by atoms with Gasteiger partial charge in [-0.15, -0.1) is 0 Å². The Balaban J connectivity index is 2.12. The molecule has 0 spiro atoms. The first-order chi connectivity index (χ1) is 16.4. The number of benzene rings is 1. The van der Waals surface area contributed by atoms with E-state index in [1.165, 1.54) is 19.3 Å². The first kappa shape index (κ1) is 26.6. The number of hydrogen-bond acceptors (Lipinski definition) is 8. The number of guanidine groups is 1. The summed E-state index contributed by atoms with van der Waals surface area (Å²) in [5, 5.41) is 18.9. The van der Waals surface area contributed by atoms with Crippen molar-refractivity contribution in [1.82, 2.24) is 15.0 Å². The number of nitrogens with one attached hydrogen (secondary N) is 3. The molecule has 11 heteroatoms. The van der Waals surface area contributed by atoms with E-state index in [0.29, 0.717) is 31.3 Å². The molecule has 11 nitrogen and oxygen atoms in total. The molecule has 2 rings (SSSR count). The minimum Gasteiger partial charge on any atom is -0.480 e. The zero-order chi connectivity index (χ0) is 24.8. The molecule has 0 aliphatic heterocycles. The van der Waals surface area contributed by atoms with Crippen molar-refractivity contribution in [2.75, 3.05) is 29.0 Å². The average Bonchev–Trinajstić information content (AvgIpc) is 2.79. The van der Waals surface area contributed by atoms with Crippen LogP contribution in [-0.4, -0.2) is 51.1 Å². The molecule has 0 aliphatic carbocycles. The summed E-state index contributed by atoms with van der Waals surface area (Å²) in [4.78, 5) is 28.9. The highest BCUT2D eigenvalue weighted by molar-refractivity contribution is 5.77. The van der Waals surface area contributed by atoms with Crippen molar-refractivity contribution >= 4 is 35.5 Å². The molecular weight excluding hydrogens is 434 g/mol. The van der Waals surface area contributed by atoms with Gasteiger partial charge >= 0.3 is 5.97 Å². The molecule has 0 fully saturated rings. The van der Waals surface area contributed by atoms with E-state index in [2.05, 4.69) is 42.8 Å². The SMILES string of the molecule is CCCCCCCNc1nc(Nc2ccc(C)cc2)nc(NC(CCCN=C(N)N)C(=O)O)n1. The first-order valence-electron chi connectivity index (χ1n) is 11.8. The van der Waals surface area contributed by atoms with Crippen LogP contribution in [0.2, 0.25) is 0 Å². The van der Waals surface area contributed by atoms with Gasteiger partial charge in [-0.1, -0.05) is 50.3 Å². The molecule has 1 aromatic carbocycles. The molecule has 0 radical (unpaired) electrons. The van der Waals surface area contributed by atoms with Crippen LogP contribution in [0, 0.1) is 6.92 Å². The zero-order valence-electron chi connectivity index (χ0n) is 20.0. The number of carboxylic acids is 1. The van der Waals surface area contributed by atoms with Gasteiger partial charge in [0.05, 0.1) is 0 Å². The average molecular weight is 472 g/mol. The second kappa shape index (κ2) is 14.5. The topological polar surface area (TPSA) is 176 Å². The lowest BCUT2D eigenvalue weighted by molar-refractivity contribution is -0.138. The van der Waals surface area contributed by atoms with E-state index < -0.39 is 12.0 Å². The van der Waals surface area contributed by atoms with Crippen molar-refractivity contribution in [3.8, 4) is 0 Å². The third-order valence-corrected chi connectivity index (χ3v) is 5.05. The molecule has 186 valence electrons. The van der Waals surface area contributed by atoms with Crippen molar-refractivity contribution in [3.05, 3.63) is 29.8 Å². The smallest absolute Gasteiger partial charge is 0.326 e. The highest BCUT2D eigenvalue weighted by atomic mass is 16.4. The first-order valence-corrected chi connectivity index (χ1v) is 11.8. The number of nitrogens with zero attached hydrogens (tertiary/aromatic N) is 4. The van der Waals surface area contributed by atoms with Crippen molar-refractivity contribution in [1.29, 1.82) is 0 Å². The summed E-state index contributed by atoms with van der Waals surface area (Å²) in [6, 6.07) is 6.92. The molecule has 1 atom stereocenters. The van der Waals surface area contributed by atoms with Crippen LogP contribution in [0.5, 0.6) is 0 Å². The Kier molecular flexibility index (Phi) is 11.4. The van der Waals surface area contributed by atoms with Gasteiger partial charge in [-0.3, -0.25) is 4.99 Å². The van der Waals surface area contributed by atoms with Crippen molar-refractivity contribution in [2.45, 2.75) is 64.8 Å². The largest absolute Gasteiger partial charge is 0.480 e. The third kappa shape index (κ3) is 10.3. The normalized spacial score (nSPS) is 11.5. The summed E-state index contributed by atoms with van der Waals surface area (Å²) in [5.41, 5.74) is 12.6. The summed E-state index contributed by atoms with van der Waals surface area (Å²) in [6.07, 6.45) is 6.54. The Morgan fingerprint density at radius 3 is 2.35 bits per heavy atom. The van der Waals surface area contributed by atoms with Crippen molar-refractivity contribution < 1.29 is 9.90 Å². The van der Waals surface area contributed by atoms with Crippen LogP contribution in [0.25, 0.3) is 0 Å². The number of rotatable bonds is 16. The lowest BCUT2D eigenvalue weighted by Gasteiger charge is -2.16. The van der Waals surface area contributed by atoms with E-state index in [4.69, 9.17) is 11.5 Å². The van der Waals surface area contributed by atoms with Gasteiger partial charge in [0.1, 0.15) is 6.04 Å². The van der Waals surface area contributed by atoms with E-state index in [1.807, 2.05) is 31.2 Å². The molecule has 8 N–H and O–H groups in total. The number of carbonyl (C=O) groups is 1. The van der Waals surface area contributed by atoms with Crippen LogP contribution >= 0.6 is 0 Å². The zero-order valence-corrected chi connectivity index (χ0v) is 20.0. The number of carboxylic acid groups (broad SMARTS) is 1. The second-order valence-corrected chi connectivity index (χ2v) is 8.12. The maximum Gasteiger partial charge on any atom is 0.326 e. The Hall–Kier alpha value is -3.63. The van der Waals surface area contributed by atoms with Gasteiger partial charge in [-0.2, -0.15) is 15.0 Å². The molecule has 1 unspecified atom stereocenters. The summed E-state index contributed by atoms with van der Waals surface area (Å²) < 4.78 is 0. The van der Waals surface area contributed by atoms with E-state index in [1.54, 1.807) is 0 Å². The van der Waals surface area contributed by atoms with Crippen LogP contribution in [0.3, 0.4) is 0 Å². The van der Waals surface area contributed by atoms with Crippen LogP contribution in [0.1, 0.15) is 57.4 Å². The molecule has 2 aromatic rings. The fraction of sp³-hybridized carbons (Fsp3) is 0.522. The predicted molar refractivity (Wildman–Crippen MR) is 136 cm³/mol. The standard InChI is InChI=1S/C23H37N9O2/c1-3-4-5-6-7-14-27-21-30-22(28-17-12-10-16(2)11-13-17)32-23(31-21)29-18(19(33)34)9-8-15-26-20(24)25/h10-13,18H,3-9,14-15H2,1-2H3,(H,33,34)(H4,24,25,26)(H3,27,28,29,30,31,32). The Morgan fingerprint density at radius 2 is 1.68 bits per heavy atom. The minimum atomic E-state index is -1.01. The van der Waals surface area contributed by atoms with Gasteiger partial charge in [-0.05, 0) is 38.3 Å². The van der Waals surface area contributed by atoms with E-state index in [9.17, 15) is 9.90 Å². The Morgan fingerprint density at radius 1 is 1.00 bits per heavy atom. The number of unbranched alkanes of at least 4 members (excludes halogenated alkanes) is 4. The van der Waals surface area contributed by atoms with Gasteiger partial charge in [0, 0.05) is 18.8 Å². The van der Waals surface area contributed by atoms with Gasteiger partial charge in [0.15, 0.2) is 5.96 Å². The van der Waals surface area contributed by atoms with E-state index in [0.717, 1.165) is 30.6 Å². The fourth-order valence-electron chi connectivity index (χ4n) is 3.19. The van der Waals surface area contributed by atoms with Gasteiger partial charge < -0.3 is 32.5 Å². The molecule has 1 aromatic heterocycles. The quantitative estimate of drug-likeness (QED) is 0.121. The van der Waals surface area contributed by atoms with Gasteiger partial charge in [0.2, 0.25) is 17.8 Å². The molecule has 0 saturated carbocycles. The number of aryl methyl sites for hydroxylation is 1. The molecule has 0 saturated heterocycles. The van der Waals surface area contributed by atoms with Gasteiger partial charge in [-0.25, -0.2) is 4.79 Å². The number of aromatic nitrogens is 3. The summed E-state index contributed by atoms with van der Waals surface area (Å²) in [7, 11) is 0. The Labute approximate surface area is 200 Å². The number of nitrogens with two attached hydrogens (primary N) is 2. The lowest BCUT2D eigenvalue weighted by Crippen LogP contribution is -2.31. The van der Waals surface area contributed by atoms with E-state index in [-0.39, 0.29) is 11.9 Å². The molecule has 34 heavy (non-hydrogen) atoms. The summed E-state index contributed by atoms with van der Waals surface area (Å²) in [5.74, 6) is -0.155. The van der Waals surface area contributed by atoms with Crippen molar-refractivity contribution in [2.24, 2.45) is 16.5 Å². The molecule has 0 aliphatic rings. The van der Waals surface area contributed by atoms with Gasteiger partial charge in [0.25, 0.3) is 0 Å². The minimum absolute atomic E-state index is 0.0190. The molecule has 1 heterocycles. The fourth-order valence-corrected chi connectivity index (χ4v) is 3.19. The highest BCUT2D eigenvalue weighted by Gasteiger charge is 2.19. The van der Waals surface area contributed by atoms with Crippen LogP contribution in [0.4, 0.5) is 23.5 Å². The number of hydrogen-bond donors (Lipinski definition) is 6. The predicted octanol–water partition coefficient (Wildman–Crippen LogP) is 3.22. The molecule has 0 amide bonds. The van der Waals surface area contributed by atoms with Crippen LogP contribution in [0.15, 0.2) is 29.3 Å². The highest BCUT2D eigenvalue weighted by Crippen LogP contribution is 2.18. The lowest BCUT2D eigenvalue weighted by atomic mass is 10.1. The molecular formula is C23H37N9O2. The molecule has 0 bridgehead atoms. The second-order valence-electron chi connectivity index (χ2n) is 8.12. The number of aliphatic imine (C=N–C) groups is 1. The van der Waals surface area contributed by atoms with E-state index >= 15 is 0 Å². The summed E-state index contributed by atoms with van der Waals surface area (Å²) >= 11 is 0. The third-order valence-electron chi connectivity index (χ3n) is 5.05. The number of aliphatic carboxylic acids is 1.